The number of hydrogen-bond donors (Lipinski definition) is 2. The van der Waals surface area contributed by atoms with E-state index in [1.54, 1.807) is 17.5 Å². The molecule has 2 aromatic heterocycles. The molecule has 196 valence electrons. The maximum atomic E-state index is 13.1. The smallest absolute Gasteiger partial charge is 0.277 e. The van der Waals surface area contributed by atoms with Gasteiger partial charge in [0, 0.05) is 13.0 Å². The van der Waals surface area contributed by atoms with E-state index >= 15 is 0 Å². The van der Waals surface area contributed by atoms with Gasteiger partial charge in [0.15, 0.2) is 11.3 Å². The molecule has 2 heterocycles. The van der Waals surface area contributed by atoms with E-state index in [0.717, 1.165) is 24.8 Å². The van der Waals surface area contributed by atoms with E-state index in [1.165, 1.54) is 12.1 Å². The van der Waals surface area contributed by atoms with Crippen molar-refractivity contribution in [1.29, 1.82) is 0 Å². The molecule has 0 atom stereocenters. The minimum atomic E-state index is -3.81. The lowest BCUT2D eigenvalue weighted by molar-refractivity contribution is 0.341. The van der Waals surface area contributed by atoms with Crippen LogP contribution in [0.3, 0.4) is 0 Å². The minimum Gasteiger partial charge on any atom is -0.493 e. The lowest BCUT2D eigenvalue weighted by Gasteiger charge is -2.13. The van der Waals surface area contributed by atoms with E-state index in [2.05, 4.69) is 26.7 Å². The largest absolute Gasteiger partial charge is 0.493 e. The number of H-pyrrole nitrogens is 1. The highest BCUT2D eigenvalue weighted by Crippen LogP contribution is 2.30. The summed E-state index contributed by atoms with van der Waals surface area (Å²) in [6.45, 7) is 6.38. The Labute approximate surface area is 217 Å². The second-order valence-electron chi connectivity index (χ2n) is 8.86. The van der Waals surface area contributed by atoms with Crippen LogP contribution in [0.1, 0.15) is 50.2 Å². The number of hydrogen-bond acceptors (Lipinski definition) is 6. The van der Waals surface area contributed by atoms with E-state index < -0.39 is 10.0 Å². The molecule has 0 saturated heterocycles. The standard InChI is InChI=1S/C27H33N5O4S/c1-4-6-8-13-24-29-19(3)25-27(33)30-26(31-32(24)25)22-18-21(14-15-23(22)36-5-2)37(34,35)28-17-16-20-11-9-7-10-12-20/h7,9-12,14-15,18,28H,4-6,8,13,16-17H2,1-3H3,(H,30,31,33). The van der Waals surface area contributed by atoms with Crippen molar-refractivity contribution >= 4 is 15.5 Å². The minimum absolute atomic E-state index is 0.0618. The zero-order valence-corrected chi connectivity index (χ0v) is 22.3. The molecule has 0 aliphatic heterocycles. The number of imidazole rings is 1. The summed E-state index contributed by atoms with van der Waals surface area (Å²) < 4.78 is 36.2. The molecule has 2 aromatic carbocycles. The van der Waals surface area contributed by atoms with Gasteiger partial charge in [-0.05, 0) is 50.5 Å². The van der Waals surface area contributed by atoms with Crippen molar-refractivity contribution in [1.82, 2.24) is 24.3 Å². The molecule has 9 nitrogen and oxygen atoms in total. The Morgan fingerprint density at radius 3 is 2.57 bits per heavy atom. The summed E-state index contributed by atoms with van der Waals surface area (Å²) in [5, 5.41) is 4.68. The fourth-order valence-corrected chi connectivity index (χ4v) is 5.31. The highest BCUT2D eigenvalue weighted by molar-refractivity contribution is 7.89. The molecule has 4 aromatic rings. The number of fused-ring (bicyclic) bond motifs is 1. The van der Waals surface area contributed by atoms with Crippen molar-refractivity contribution in [3.8, 4) is 17.1 Å². The predicted octanol–water partition coefficient (Wildman–Crippen LogP) is 4.05. The summed E-state index contributed by atoms with van der Waals surface area (Å²) in [5.74, 6) is 1.35. The summed E-state index contributed by atoms with van der Waals surface area (Å²) in [4.78, 5) is 20.5. The number of benzene rings is 2. The van der Waals surface area contributed by atoms with Gasteiger partial charge in [-0.15, -0.1) is 5.10 Å². The number of aromatic nitrogens is 4. The molecule has 0 aliphatic rings. The van der Waals surface area contributed by atoms with E-state index in [1.807, 2.05) is 37.3 Å². The molecule has 0 amide bonds. The molecular formula is C27H33N5O4S. The summed E-state index contributed by atoms with van der Waals surface area (Å²) in [6.07, 6.45) is 4.31. The van der Waals surface area contributed by atoms with Crippen molar-refractivity contribution in [2.75, 3.05) is 13.2 Å². The molecule has 0 fully saturated rings. The first kappa shape index (κ1) is 26.6. The fraction of sp³-hybridized carbons (Fsp3) is 0.370. The van der Waals surface area contributed by atoms with E-state index in [9.17, 15) is 13.2 Å². The molecular weight excluding hydrogens is 490 g/mol. The highest BCUT2D eigenvalue weighted by atomic mass is 32.2. The lowest BCUT2D eigenvalue weighted by atomic mass is 10.2. The molecule has 0 radical (unpaired) electrons. The third-order valence-corrected chi connectivity index (χ3v) is 7.57. The Morgan fingerprint density at radius 1 is 1.05 bits per heavy atom. The summed E-state index contributed by atoms with van der Waals surface area (Å²) in [5.41, 5.74) is 2.08. The SMILES string of the molecule is CCCCCc1nc(C)c2c(=O)[nH]c(-c3cc(S(=O)(=O)NCCc4ccccc4)ccc3OCC)nn12. The average molecular weight is 524 g/mol. The van der Waals surface area contributed by atoms with Crippen LogP contribution in [0.25, 0.3) is 16.9 Å². The van der Waals surface area contributed by atoms with Crippen LogP contribution in [-0.2, 0) is 22.9 Å². The molecule has 0 unspecified atom stereocenters. The van der Waals surface area contributed by atoms with Gasteiger partial charge >= 0.3 is 0 Å². The average Bonchev–Trinajstić information content (AvgIpc) is 3.20. The summed E-state index contributed by atoms with van der Waals surface area (Å²) >= 11 is 0. The summed E-state index contributed by atoms with van der Waals surface area (Å²) in [6, 6.07) is 14.2. The van der Waals surface area contributed by atoms with Crippen LogP contribution in [-0.4, -0.2) is 41.2 Å². The Kier molecular flexibility index (Phi) is 8.40. The monoisotopic (exact) mass is 523 g/mol. The Balaban J connectivity index is 1.70. The molecule has 4 rings (SSSR count). The zero-order chi connectivity index (χ0) is 26.4. The molecule has 0 aliphatic carbocycles. The topological polar surface area (TPSA) is 118 Å². The number of unbranched alkanes of at least 4 members (excludes halogenated alkanes) is 2. The van der Waals surface area contributed by atoms with E-state index in [4.69, 9.17) is 4.74 Å². The second-order valence-corrected chi connectivity index (χ2v) is 10.6. The first-order valence-corrected chi connectivity index (χ1v) is 14.1. The quantitative estimate of drug-likeness (QED) is 0.271. The maximum Gasteiger partial charge on any atom is 0.277 e. The molecule has 0 bridgehead atoms. The van der Waals surface area contributed by atoms with Crippen molar-refractivity contribution in [2.24, 2.45) is 0 Å². The van der Waals surface area contributed by atoms with Crippen LogP contribution < -0.4 is 15.0 Å². The van der Waals surface area contributed by atoms with Gasteiger partial charge in [-0.3, -0.25) is 4.79 Å². The number of rotatable bonds is 12. The van der Waals surface area contributed by atoms with E-state index in [-0.39, 0.29) is 22.8 Å². The number of nitrogens with zero attached hydrogens (tertiary/aromatic N) is 3. The number of ether oxygens (including phenoxy) is 1. The van der Waals surface area contributed by atoms with Crippen LogP contribution in [0, 0.1) is 6.92 Å². The van der Waals surface area contributed by atoms with Crippen molar-refractivity contribution < 1.29 is 13.2 Å². The predicted molar refractivity (Wildman–Crippen MR) is 144 cm³/mol. The fourth-order valence-electron chi connectivity index (χ4n) is 4.25. The van der Waals surface area contributed by atoms with E-state index in [0.29, 0.717) is 47.8 Å². The number of sulfonamides is 1. The molecule has 2 N–H and O–H groups in total. The van der Waals surface area contributed by atoms with Gasteiger partial charge in [-0.25, -0.2) is 22.6 Å². The van der Waals surface area contributed by atoms with Crippen molar-refractivity contribution in [3.05, 3.63) is 76.0 Å². The Morgan fingerprint density at radius 2 is 1.84 bits per heavy atom. The van der Waals surface area contributed by atoms with Crippen LogP contribution >= 0.6 is 0 Å². The molecule has 0 spiro atoms. The first-order chi connectivity index (χ1) is 17.8. The van der Waals surface area contributed by atoms with Crippen LogP contribution in [0.2, 0.25) is 0 Å². The number of nitrogens with one attached hydrogen (secondary N) is 2. The molecule has 0 saturated carbocycles. The van der Waals surface area contributed by atoms with Crippen LogP contribution in [0.4, 0.5) is 0 Å². The Hall–Kier alpha value is -3.50. The molecule has 37 heavy (non-hydrogen) atoms. The van der Waals surface area contributed by atoms with Crippen LogP contribution in [0.15, 0.2) is 58.2 Å². The zero-order valence-electron chi connectivity index (χ0n) is 21.5. The Bertz CT molecular complexity index is 1530. The second kappa shape index (κ2) is 11.7. The first-order valence-electron chi connectivity index (χ1n) is 12.6. The third-order valence-electron chi connectivity index (χ3n) is 6.11. The normalized spacial score (nSPS) is 11.8. The van der Waals surface area contributed by atoms with Gasteiger partial charge < -0.3 is 9.72 Å². The van der Waals surface area contributed by atoms with Gasteiger partial charge in [0.1, 0.15) is 11.6 Å². The summed E-state index contributed by atoms with van der Waals surface area (Å²) in [7, 11) is -3.81. The van der Waals surface area contributed by atoms with Crippen molar-refractivity contribution in [3.63, 3.8) is 0 Å². The van der Waals surface area contributed by atoms with Gasteiger partial charge in [0.25, 0.3) is 5.56 Å². The van der Waals surface area contributed by atoms with Gasteiger partial charge in [0.05, 0.1) is 22.8 Å². The van der Waals surface area contributed by atoms with Gasteiger partial charge in [0.2, 0.25) is 10.0 Å². The van der Waals surface area contributed by atoms with Gasteiger partial charge in [-0.1, -0.05) is 50.1 Å². The van der Waals surface area contributed by atoms with Gasteiger partial charge in [-0.2, -0.15) is 0 Å². The van der Waals surface area contributed by atoms with Crippen LogP contribution in [0.5, 0.6) is 5.75 Å². The number of aryl methyl sites for hydroxylation is 2. The van der Waals surface area contributed by atoms with Crippen molar-refractivity contribution in [2.45, 2.75) is 57.8 Å². The lowest BCUT2D eigenvalue weighted by Crippen LogP contribution is -2.26. The highest BCUT2D eigenvalue weighted by Gasteiger charge is 2.21. The maximum absolute atomic E-state index is 13.1. The number of aromatic amines is 1. The third kappa shape index (κ3) is 6.08. The molecule has 10 heteroatoms.